The van der Waals surface area contributed by atoms with Gasteiger partial charge in [-0.15, -0.1) is 0 Å². The minimum atomic E-state index is -3.83. The molecule has 1 aromatic carbocycles. The van der Waals surface area contributed by atoms with Crippen LogP contribution in [0.15, 0.2) is 35.2 Å². The fourth-order valence-corrected chi connectivity index (χ4v) is 3.52. The first kappa shape index (κ1) is 17.2. The molecular formula is C14H20N2O4S. The summed E-state index contributed by atoms with van der Waals surface area (Å²) in [6.45, 7) is 7.62. The van der Waals surface area contributed by atoms with Crippen molar-refractivity contribution in [2.45, 2.75) is 18.7 Å². The van der Waals surface area contributed by atoms with E-state index in [2.05, 4.69) is 11.3 Å². The van der Waals surface area contributed by atoms with Crippen LogP contribution in [0.25, 0.3) is 0 Å². The molecule has 0 fully saturated rings. The summed E-state index contributed by atoms with van der Waals surface area (Å²) in [6.07, 6.45) is 0. The van der Waals surface area contributed by atoms with Crippen molar-refractivity contribution in [3.05, 3.63) is 35.9 Å². The van der Waals surface area contributed by atoms with Crippen molar-refractivity contribution in [2.24, 2.45) is 0 Å². The van der Waals surface area contributed by atoms with Crippen molar-refractivity contribution in [1.82, 2.24) is 4.31 Å². The monoisotopic (exact) mass is 312 g/mol. The standard InChI is InChI=1S/C14H20N2O4S/c1-5-16(9-10(2)3)21(18,19)13-7-6-11(15)8-12(13)14(17)20-4/h6-8H,2,5,9,15H2,1,3-4H3. The first-order valence-corrected chi connectivity index (χ1v) is 7.80. The number of nitrogens with two attached hydrogens (primary N) is 1. The maximum atomic E-state index is 12.7. The number of anilines is 1. The highest BCUT2D eigenvalue weighted by atomic mass is 32.2. The van der Waals surface area contributed by atoms with Gasteiger partial charge in [-0.25, -0.2) is 13.2 Å². The molecule has 1 rings (SSSR count). The fraction of sp³-hybridized carbons (Fsp3) is 0.357. The lowest BCUT2D eigenvalue weighted by molar-refractivity contribution is 0.0596. The number of carbonyl (C=O) groups is 1. The van der Waals surface area contributed by atoms with Crippen LogP contribution in [0.1, 0.15) is 24.2 Å². The lowest BCUT2D eigenvalue weighted by Crippen LogP contribution is -2.33. The van der Waals surface area contributed by atoms with E-state index in [1.165, 1.54) is 29.6 Å². The molecule has 0 aliphatic heterocycles. The summed E-state index contributed by atoms with van der Waals surface area (Å²) in [7, 11) is -2.64. The number of nitrogens with zero attached hydrogens (tertiary/aromatic N) is 1. The molecule has 0 aromatic heterocycles. The molecule has 2 N–H and O–H groups in total. The molecule has 1 aromatic rings. The summed E-state index contributed by atoms with van der Waals surface area (Å²) in [5.41, 5.74) is 6.54. The number of likely N-dealkylation sites (N-methyl/N-ethyl adjacent to an activating group) is 1. The van der Waals surface area contributed by atoms with Crippen molar-refractivity contribution < 1.29 is 17.9 Å². The Kier molecular flexibility index (Phi) is 5.51. The first-order chi connectivity index (χ1) is 9.73. The van der Waals surface area contributed by atoms with Crippen LogP contribution in [0, 0.1) is 0 Å². The van der Waals surface area contributed by atoms with E-state index in [0.717, 1.165) is 0 Å². The Bertz CT molecular complexity index is 653. The number of nitrogen functional groups attached to an aromatic ring is 1. The molecule has 0 saturated heterocycles. The molecule has 0 amide bonds. The van der Waals surface area contributed by atoms with Crippen LogP contribution < -0.4 is 5.73 Å². The number of sulfonamides is 1. The molecule has 7 heteroatoms. The number of benzene rings is 1. The third-order valence-electron chi connectivity index (χ3n) is 2.83. The molecule has 21 heavy (non-hydrogen) atoms. The van der Waals surface area contributed by atoms with Gasteiger partial charge in [0.25, 0.3) is 0 Å². The average molecular weight is 312 g/mol. The SMILES string of the molecule is C=C(C)CN(CC)S(=O)(=O)c1ccc(N)cc1C(=O)OC. The number of rotatable bonds is 6. The maximum absolute atomic E-state index is 12.7. The highest BCUT2D eigenvalue weighted by molar-refractivity contribution is 7.89. The number of methoxy groups -OCH3 is 1. The van der Waals surface area contributed by atoms with Gasteiger partial charge in [0.1, 0.15) is 0 Å². The Morgan fingerprint density at radius 1 is 1.43 bits per heavy atom. The summed E-state index contributed by atoms with van der Waals surface area (Å²) in [4.78, 5) is 11.7. The van der Waals surface area contributed by atoms with E-state index in [4.69, 9.17) is 5.73 Å². The zero-order valence-corrected chi connectivity index (χ0v) is 13.2. The van der Waals surface area contributed by atoms with Gasteiger partial charge in [0.15, 0.2) is 0 Å². The molecule has 0 aliphatic rings. The molecule has 0 atom stereocenters. The van der Waals surface area contributed by atoms with Crippen LogP contribution in [0.2, 0.25) is 0 Å². The van der Waals surface area contributed by atoms with Gasteiger partial charge in [-0.2, -0.15) is 4.31 Å². The molecule has 0 bridgehead atoms. The number of esters is 1. The molecule has 116 valence electrons. The van der Waals surface area contributed by atoms with Crippen LogP contribution in [0.5, 0.6) is 0 Å². The van der Waals surface area contributed by atoms with Crippen LogP contribution in [0.4, 0.5) is 5.69 Å². The molecule has 0 spiro atoms. The third-order valence-corrected chi connectivity index (χ3v) is 4.80. The molecule has 0 aliphatic carbocycles. The highest BCUT2D eigenvalue weighted by Gasteiger charge is 2.28. The van der Waals surface area contributed by atoms with Gasteiger partial charge in [-0.3, -0.25) is 0 Å². The Morgan fingerprint density at radius 3 is 2.52 bits per heavy atom. The topological polar surface area (TPSA) is 89.7 Å². The minimum absolute atomic E-state index is 0.0716. The average Bonchev–Trinajstić information content (AvgIpc) is 2.42. The zero-order chi connectivity index (χ0) is 16.2. The molecule has 0 radical (unpaired) electrons. The van der Waals surface area contributed by atoms with E-state index in [1.54, 1.807) is 13.8 Å². The zero-order valence-electron chi connectivity index (χ0n) is 12.4. The maximum Gasteiger partial charge on any atom is 0.339 e. The van der Waals surface area contributed by atoms with Crippen molar-refractivity contribution >= 4 is 21.7 Å². The smallest absolute Gasteiger partial charge is 0.339 e. The van der Waals surface area contributed by atoms with E-state index >= 15 is 0 Å². The first-order valence-electron chi connectivity index (χ1n) is 6.36. The van der Waals surface area contributed by atoms with Crippen LogP contribution >= 0.6 is 0 Å². The molecule has 0 unspecified atom stereocenters. The quantitative estimate of drug-likeness (QED) is 0.490. The van der Waals surface area contributed by atoms with E-state index < -0.39 is 16.0 Å². The van der Waals surface area contributed by atoms with E-state index in [9.17, 15) is 13.2 Å². The number of ether oxygens (including phenoxy) is 1. The molecule has 6 nitrogen and oxygen atoms in total. The third kappa shape index (κ3) is 3.83. The number of hydrogen-bond donors (Lipinski definition) is 1. The summed E-state index contributed by atoms with van der Waals surface area (Å²) in [5.74, 6) is -0.743. The predicted octanol–water partition coefficient (Wildman–Crippen LogP) is 1.64. The Hall–Kier alpha value is -1.86. The second-order valence-electron chi connectivity index (χ2n) is 4.64. The summed E-state index contributed by atoms with van der Waals surface area (Å²) < 4.78 is 31.2. The normalized spacial score (nSPS) is 11.4. The second kappa shape index (κ2) is 6.73. The van der Waals surface area contributed by atoms with Crippen molar-refractivity contribution in [3.63, 3.8) is 0 Å². The molecular weight excluding hydrogens is 292 g/mol. The van der Waals surface area contributed by atoms with Crippen LogP contribution in [0.3, 0.4) is 0 Å². The Balaban J connectivity index is 3.43. The van der Waals surface area contributed by atoms with E-state index in [-0.39, 0.29) is 29.2 Å². The van der Waals surface area contributed by atoms with Gasteiger partial charge >= 0.3 is 5.97 Å². The van der Waals surface area contributed by atoms with Crippen LogP contribution in [-0.4, -0.2) is 38.9 Å². The Morgan fingerprint density at radius 2 is 2.05 bits per heavy atom. The van der Waals surface area contributed by atoms with E-state index in [1.807, 2.05) is 0 Å². The van der Waals surface area contributed by atoms with Gasteiger partial charge in [-0.05, 0) is 25.1 Å². The van der Waals surface area contributed by atoms with Crippen molar-refractivity contribution in [2.75, 3.05) is 25.9 Å². The van der Waals surface area contributed by atoms with E-state index in [0.29, 0.717) is 5.57 Å². The van der Waals surface area contributed by atoms with Gasteiger partial charge in [0.05, 0.1) is 17.6 Å². The van der Waals surface area contributed by atoms with Gasteiger partial charge in [0.2, 0.25) is 10.0 Å². The number of hydrogen-bond acceptors (Lipinski definition) is 5. The summed E-state index contributed by atoms with van der Waals surface area (Å²) >= 11 is 0. The lowest BCUT2D eigenvalue weighted by Gasteiger charge is -2.21. The highest BCUT2D eigenvalue weighted by Crippen LogP contribution is 2.23. The minimum Gasteiger partial charge on any atom is -0.465 e. The number of carbonyl (C=O) groups excluding carboxylic acids is 1. The summed E-state index contributed by atoms with van der Waals surface area (Å²) in [6, 6.07) is 4.05. The molecule has 0 heterocycles. The second-order valence-corrected chi connectivity index (χ2v) is 6.54. The van der Waals surface area contributed by atoms with Gasteiger partial charge in [-0.1, -0.05) is 19.1 Å². The van der Waals surface area contributed by atoms with Crippen molar-refractivity contribution in [3.8, 4) is 0 Å². The van der Waals surface area contributed by atoms with Crippen molar-refractivity contribution in [1.29, 1.82) is 0 Å². The predicted molar refractivity (Wildman–Crippen MR) is 81.4 cm³/mol. The van der Waals surface area contributed by atoms with Gasteiger partial charge < -0.3 is 10.5 Å². The fourth-order valence-electron chi connectivity index (χ4n) is 1.85. The van der Waals surface area contributed by atoms with Crippen LogP contribution in [-0.2, 0) is 14.8 Å². The Labute approximate surface area is 125 Å². The van der Waals surface area contributed by atoms with Gasteiger partial charge in [0, 0.05) is 18.8 Å². The molecule has 0 saturated carbocycles. The summed E-state index contributed by atoms with van der Waals surface area (Å²) in [5, 5.41) is 0. The largest absolute Gasteiger partial charge is 0.465 e. The lowest BCUT2D eigenvalue weighted by atomic mass is 10.2.